The molecule has 0 aromatic carbocycles. The normalized spacial score (nSPS) is 18.4. The minimum atomic E-state index is -0.734. The van der Waals surface area contributed by atoms with Crippen molar-refractivity contribution in [2.45, 2.75) is 77.0 Å². The number of unbranched alkanes of at least 4 members (excludes halogenated alkanes) is 5. The van der Waals surface area contributed by atoms with E-state index in [1.807, 2.05) is 6.08 Å². The number of carboxylic acid groups (broad SMARTS) is 1. The fourth-order valence-corrected chi connectivity index (χ4v) is 3.55. The molecule has 0 spiro atoms. The summed E-state index contributed by atoms with van der Waals surface area (Å²) in [4.78, 5) is 21.8. The summed E-state index contributed by atoms with van der Waals surface area (Å²) in [5, 5.41) is 8.54. The van der Waals surface area contributed by atoms with E-state index in [0.29, 0.717) is 18.9 Å². The molecule has 4 nitrogen and oxygen atoms in total. The van der Waals surface area contributed by atoms with E-state index >= 15 is 0 Å². The first kappa shape index (κ1) is 21.6. The minimum Gasteiger partial charge on any atom is -0.481 e. The molecule has 25 heavy (non-hydrogen) atoms. The van der Waals surface area contributed by atoms with Gasteiger partial charge in [0.05, 0.1) is 0 Å². The molecule has 1 aliphatic carbocycles. The SMILES string of the molecule is NCCC1=CC(C(C=O)CCCCCCCC=CCCC(=O)O)CC1. The Bertz CT molecular complexity index is 442. The van der Waals surface area contributed by atoms with Crippen molar-refractivity contribution in [3.63, 3.8) is 0 Å². The molecule has 3 N–H and O–H groups in total. The summed E-state index contributed by atoms with van der Waals surface area (Å²) < 4.78 is 0. The zero-order valence-electron chi connectivity index (χ0n) is 15.5. The predicted octanol–water partition coefficient (Wildman–Crippen LogP) is 4.64. The second kappa shape index (κ2) is 13.8. The summed E-state index contributed by atoms with van der Waals surface area (Å²) in [7, 11) is 0. The van der Waals surface area contributed by atoms with E-state index in [1.54, 1.807) is 0 Å². The zero-order chi connectivity index (χ0) is 18.3. The molecule has 2 unspecified atom stereocenters. The van der Waals surface area contributed by atoms with Gasteiger partial charge in [0, 0.05) is 12.3 Å². The fraction of sp³-hybridized carbons (Fsp3) is 0.714. The molecule has 0 fully saturated rings. The van der Waals surface area contributed by atoms with Crippen LogP contribution in [0.1, 0.15) is 77.0 Å². The number of aliphatic carboxylic acids is 1. The van der Waals surface area contributed by atoms with Crippen LogP contribution in [0.15, 0.2) is 23.8 Å². The van der Waals surface area contributed by atoms with Crippen molar-refractivity contribution in [1.29, 1.82) is 0 Å². The van der Waals surface area contributed by atoms with Crippen LogP contribution in [0.3, 0.4) is 0 Å². The molecule has 0 aromatic heterocycles. The van der Waals surface area contributed by atoms with Crippen LogP contribution in [-0.4, -0.2) is 23.9 Å². The predicted molar refractivity (Wildman–Crippen MR) is 102 cm³/mol. The number of carboxylic acids is 1. The van der Waals surface area contributed by atoms with Crippen molar-refractivity contribution in [3.05, 3.63) is 23.8 Å². The maximum Gasteiger partial charge on any atom is 0.303 e. The molecule has 142 valence electrons. The van der Waals surface area contributed by atoms with Crippen LogP contribution in [-0.2, 0) is 9.59 Å². The van der Waals surface area contributed by atoms with E-state index in [4.69, 9.17) is 10.8 Å². The molecule has 1 aliphatic rings. The van der Waals surface area contributed by atoms with Gasteiger partial charge < -0.3 is 15.6 Å². The Balaban J connectivity index is 2.03. The lowest BCUT2D eigenvalue weighted by molar-refractivity contribution is -0.136. The van der Waals surface area contributed by atoms with Gasteiger partial charge in [0.25, 0.3) is 0 Å². The number of allylic oxidation sites excluding steroid dienone is 3. The quantitative estimate of drug-likeness (QED) is 0.256. The van der Waals surface area contributed by atoms with Crippen molar-refractivity contribution in [2.24, 2.45) is 17.6 Å². The van der Waals surface area contributed by atoms with Crippen LogP contribution in [0.5, 0.6) is 0 Å². The van der Waals surface area contributed by atoms with Crippen LogP contribution in [0.2, 0.25) is 0 Å². The maximum absolute atomic E-state index is 11.4. The van der Waals surface area contributed by atoms with Crippen molar-refractivity contribution in [2.75, 3.05) is 6.54 Å². The Labute approximate surface area is 152 Å². The number of rotatable bonds is 15. The molecule has 4 heteroatoms. The number of carbonyl (C=O) groups excluding carboxylic acids is 1. The number of hydrogen-bond acceptors (Lipinski definition) is 3. The highest BCUT2D eigenvalue weighted by atomic mass is 16.4. The third-order valence-electron chi connectivity index (χ3n) is 5.04. The van der Waals surface area contributed by atoms with Gasteiger partial charge in [-0.3, -0.25) is 4.79 Å². The van der Waals surface area contributed by atoms with Gasteiger partial charge in [-0.1, -0.05) is 49.5 Å². The van der Waals surface area contributed by atoms with E-state index in [0.717, 1.165) is 51.2 Å². The number of hydrogen-bond donors (Lipinski definition) is 2. The third kappa shape index (κ3) is 10.2. The number of carbonyl (C=O) groups is 2. The Morgan fingerprint density at radius 2 is 1.92 bits per heavy atom. The van der Waals surface area contributed by atoms with E-state index in [9.17, 15) is 9.59 Å². The van der Waals surface area contributed by atoms with E-state index in [1.165, 1.54) is 24.8 Å². The fourth-order valence-electron chi connectivity index (χ4n) is 3.55. The highest BCUT2D eigenvalue weighted by molar-refractivity contribution is 5.66. The smallest absolute Gasteiger partial charge is 0.303 e. The molecule has 0 aliphatic heterocycles. The molecule has 0 heterocycles. The largest absolute Gasteiger partial charge is 0.481 e. The van der Waals surface area contributed by atoms with Crippen molar-refractivity contribution < 1.29 is 14.7 Å². The Hall–Kier alpha value is -1.42. The molecule has 0 aromatic rings. The molecule has 0 radical (unpaired) electrons. The van der Waals surface area contributed by atoms with Gasteiger partial charge in [-0.2, -0.15) is 0 Å². The lowest BCUT2D eigenvalue weighted by Gasteiger charge is -2.15. The second-order valence-corrected chi connectivity index (χ2v) is 7.11. The van der Waals surface area contributed by atoms with Crippen molar-refractivity contribution in [3.8, 4) is 0 Å². The first-order valence-corrected chi connectivity index (χ1v) is 9.89. The lowest BCUT2D eigenvalue weighted by Crippen LogP contribution is -2.12. The van der Waals surface area contributed by atoms with E-state index in [2.05, 4.69) is 12.2 Å². The van der Waals surface area contributed by atoms with Crippen LogP contribution < -0.4 is 5.73 Å². The highest BCUT2D eigenvalue weighted by Crippen LogP contribution is 2.33. The minimum absolute atomic E-state index is 0.187. The molecule has 0 amide bonds. The van der Waals surface area contributed by atoms with E-state index in [-0.39, 0.29) is 12.3 Å². The summed E-state index contributed by atoms with van der Waals surface area (Å²) in [5.41, 5.74) is 7.05. The Morgan fingerprint density at radius 1 is 1.20 bits per heavy atom. The lowest BCUT2D eigenvalue weighted by atomic mass is 9.88. The van der Waals surface area contributed by atoms with Crippen LogP contribution >= 0.6 is 0 Å². The summed E-state index contributed by atoms with van der Waals surface area (Å²) in [5.74, 6) is -0.107. The standard InChI is InChI=1S/C21H35NO3/c22-15-14-18-12-13-19(16-18)20(17-23)10-8-6-4-2-1-3-5-7-9-11-21(24)25/h5,7,16-17,19-20H,1-4,6,8-15,22H2,(H,24,25). The van der Waals surface area contributed by atoms with Gasteiger partial charge in [0.2, 0.25) is 0 Å². The zero-order valence-corrected chi connectivity index (χ0v) is 15.5. The molecule has 0 bridgehead atoms. The van der Waals surface area contributed by atoms with Gasteiger partial charge in [0.15, 0.2) is 0 Å². The first-order valence-electron chi connectivity index (χ1n) is 9.89. The van der Waals surface area contributed by atoms with Gasteiger partial charge in [0.1, 0.15) is 6.29 Å². The van der Waals surface area contributed by atoms with Gasteiger partial charge in [-0.25, -0.2) is 0 Å². The summed E-state index contributed by atoms with van der Waals surface area (Å²) in [6.07, 6.45) is 19.6. The second-order valence-electron chi connectivity index (χ2n) is 7.11. The average molecular weight is 350 g/mol. The van der Waals surface area contributed by atoms with Gasteiger partial charge in [-0.15, -0.1) is 0 Å². The molecule has 2 atom stereocenters. The number of aldehydes is 1. The Morgan fingerprint density at radius 3 is 2.64 bits per heavy atom. The molecule has 0 saturated heterocycles. The van der Waals surface area contributed by atoms with E-state index < -0.39 is 5.97 Å². The van der Waals surface area contributed by atoms with Crippen LogP contribution in [0.4, 0.5) is 0 Å². The molecule has 0 saturated carbocycles. The van der Waals surface area contributed by atoms with Gasteiger partial charge in [-0.05, 0) is 57.4 Å². The molecular weight excluding hydrogens is 314 g/mol. The third-order valence-corrected chi connectivity index (χ3v) is 5.04. The topological polar surface area (TPSA) is 80.4 Å². The summed E-state index contributed by atoms with van der Waals surface area (Å²) in [6, 6.07) is 0. The average Bonchev–Trinajstić information content (AvgIpc) is 3.04. The number of nitrogens with two attached hydrogens (primary N) is 1. The van der Waals surface area contributed by atoms with Crippen molar-refractivity contribution in [1.82, 2.24) is 0 Å². The summed E-state index contributed by atoms with van der Waals surface area (Å²) in [6.45, 7) is 0.707. The maximum atomic E-state index is 11.4. The van der Waals surface area contributed by atoms with Gasteiger partial charge >= 0.3 is 5.97 Å². The van der Waals surface area contributed by atoms with Crippen LogP contribution in [0, 0.1) is 11.8 Å². The molecular formula is C21H35NO3. The first-order chi connectivity index (χ1) is 12.2. The van der Waals surface area contributed by atoms with Crippen molar-refractivity contribution >= 4 is 12.3 Å². The Kier molecular flexibility index (Phi) is 12.0. The summed E-state index contributed by atoms with van der Waals surface area (Å²) >= 11 is 0. The monoisotopic (exact) mass is 349 g/mol. The molecule has 1 rings (SSSR count). The van der Waals surface area contributed by atoms with Crippen LogP contribution in [0.25, 0.3) is 0 Å². The highest BCUT2D eigenvalue weighted by Gasteiger charge is 2.23.